The van der Waals surface area contributed by atoms with Crippen LogP contribution in [0.5, 0.6) is 5.75 Å². The van der Waals surface area contributed by atoms with E-state index >= 15 is 0 Å². The zero-order chi connectivity index (χ0) is 34.1. The van der Waals surface area contributed by atoms with Gasteiger partial charge in [-0.05, 0) is 49.2 Å². The van der Waals surface area contributed by atoms with Crippen LogP contribution in [0.2, 0.25) is 0 Å². The molecule has 0 aliphatic carbocycles. The maximum atomic E-state index is 14.4. The zero-order valence-corrected chi connectivity index (χ0v) is 25.8. The Balaban J connectivity index is 1.50. The minimum absolute atomic E-state index is 0.00192. The number of nitrogens with one attached hydrogen (secondary N) is 3. The van der Waals surface area contributed by atoms with Crippen LogP contribution in [0.3, 0.4) is 0 Å². The maximum Gasteiger partial charge on any atom is 0.274 e. The molecule has 0 fully saturated rings. The molecule has 0 bridgehead atoms. The molecule has 2 heterocycles. The molecule has 12 nitrogen and oxygen atoms in total. The summed E-state index contributed by atoms with van der Waals surface area (Å²) in [6.45, 7) is -0.705. The number of hydrogen-bond acceptors (Lipinski definition) is 7. The number of ether oxygens (including phenoxy) is 2. The van der Waals surface area contributed by atoms with E-state index in [4.69, 9.17) is 9.47 Å². The van der Waals surface area contributed by atoms with Gasteiger partial charge in [-0.2, -0.15) is 0 Å². The Kier molecular flexibility index (Phi) is 11.5. The lowest BCUT2D eigenvalue weighted by molar-refractivity contribution is -0.129. The number of halogens is 3. The molecule has 0 unspecified atom stereocenters. The number of H-pyrrole nitrogens is 1. The van der Waals surface area contributed by atoms with Gasteiger partial charge in [0.15, 0.2) is 5.75 Å². The number of imidazole rings is 1. The second kappa shape index (κ2) is 15.7. The van der Waals surface area contributed by atoms with E-state index in [2.05, 4.69) is 20.6 Å². The van der Waals surface area contributed by atoms with Crippen molar-refractivity contribution in [2.24, 2.45) is 0 Å². The summed E-state index contributed by atoms with van der Waals surface area (Å²) in [6, 6.07) is 7.15. The van der Waals surface area contributed by atoms with E-state index in [1.807, 2.05) is 0 Å². The Bertz CT molecular complexity index is 1850. The Morgan fingerprint density at radius 3 is 2.62 bits per heavy atom. The third-order valence-electron chi connectivity index (χ3n) is 6.81. The molecule has 0 aliphatic rings. The van der Waals surface area contributed by atoms with E-state index in [0.717, 1.165) is 12.1 Å². The number of aromatic amines is 1. The van der Waals surface area contributed by atoms with Crippen LogP contribution in [-0.4, -0.2) is 71.0 Å². The van der Waals surface area contributed by atoms with Gasteiger partial charge < -0.3 is 34.6 Å². The van der Waals surface area contributed by atoms with Gasteiger partial charge in [-0.25, -0.2) is 18.2 Å². The first-order chi connectivity index (χ1) is 22.4. The molecule has 0 radical (unpaired) electrons. The first-order valence-electron chi connectivity index (χ1n) is 14.4. The lowest BCUT2D eigenvalue weighted by atomic mass is 10.1. The summed E-state index contributed by atoms with van der Waals surface area (Å²) in [5.41, 5.74) is -0.134. The standard InChI is InChI=1S/C32H33F3N6O6/c1-40(2)29(43)9-5-4-7-23(37-28(42)18-46-3)31(44)38-24-8-6-12-41(32(24)45)16-27-36-25-14-21(34)15-26(30(25)39-27)47-17-19-10-11-20(33)13-22(19)35/h5-6,8-15,23H,4,7,16-18H2,1-3H3,(H,36,39)(H,37,42)(H,38,44)/b9-5+/t23-/m0/s1. The number of amides is 3. The molecule has 47 heavy (non-hydrogen) atoms. The highest BCUT2D eigenvalue weighted by Crippen LogP contribution is 2.27. The number of hydrogen-bond donors (Lipinski definition) is 3. The molecule has 3 amide bonds. The summed E-state index contributed by atoms with van der Waals surface area (Å²) in [7, 11) is 4.53. The number of allylic oxidation sites excluding steroid dienone is 1. The van der Waals surface area contributed by atoms with E-state index in [0.29, 0.717) is 6.07 Å². The predicted molar refractivity (Wildman–Crippen MR) is 166 cm³/mol. The zero-order valence-electron chi connectivity index (χ0n) is 25.8. The number of fused-ring (bicyclic) bond motifs is 1. The number of carbonyl (C=O) groups is 3. The molecule has 1 atom stereocenters. The van der Waals surface area contributed by atoms with Crippen molar-refractivity contribution in [1.82, 2.24) is 24.8 Å². The van der Waals surface area contributed by atoms with Gasteiger partial charge in [0.2, 0.25) is 17.7 Å². The molecule has 3 N–H and O–H groups in total. The van der Waals surface area contributed by atoms with Crippen molar-refractivity contribution < 1.29 is 37.0 Å². The number of nitrogens with zero attached hydrogens (tertiary/aromatic N) is 3. The van der Waals surface area contributed by atoms with Crippen LogP contribution in [0.15, 0.2) is 65.6 Å². The van der Waals surface area contributed by atoms with Crippen LogP contribution in [0.25, 0.3) is 11.0 Å². The smallest absolute Gasteiger partial charge is 0.274 e. The van der Waals surface area contributed by atoms with Crippen LogP contribution in [0.4, 0.5) is 18.9 Å². The third kappa shape index (κ3) is 9.29. The van der Waals surface area contributed by atoms with E-state index in [9.17, 15) is 32.3 Å². The highest BCUT2D eigenvalue weighted by Gasteiger charge is 2.22. The average molecular weight is 655 g/mol. The third-order valence-corrected chi connectivity index (χ3v) is 6.81. The molecule has 248 valence electrons. The highest BCUT2D eigenvalue weighted by molar-refractivity contribution is 5.97. The van der Waals surface area contributed by atoms with Gasteiger partial charge >= 0.3 is 0 Å². The number of pyridine rings is 1. The van der Waals surface area contributed by atoms with Gasteiger partial charge in [0, 0.05) is 45.1 Å². The Morgan fingerprint density at radius 1 is 1.11 bits per heavy atom. The van der Waals surface area contributed by atoms with Gasteiger partial charge in [-0.1, -0.05) is 6.08 Å². The first-order valence-corrected chi connectivity index (χ1v) is 14.4. The molecular weight excluding hydrogens is 621 g/mol. The monoisotopic (exact) mass is 654 g/mol. The summed E-state index contributed by atoms with van der Waals surface area (Å²) >= 11 is 0. The topological polar surface area (TPSA) is 148 Å². The number of methoxy groups -OCH3 is 1. The molecule has 0 spiro atoms. The number of carbonyl (C=O) groups excluding carboxylic acids is 3. The van der Waals surface area contributed by atoms with Crippen LogP contribution in [0, 0.1) is 17.5 Å². The second-order valence-electron chi connectivity index (χ2n) is 10.6. The maximum absolute atomic E-state index is 14.4. The van der Waals surface area contributed by atoms with Crippen LogP contribution in [0.1, 0.15) is 24.2 Å². The Morgan fingerprint density at radius 2 is 1.89 bits per heavy atom. The van der Waals surface area contributed by atoms with Crippen LogP contribution >= 0.6 is 0 Å². The fourth-order valence-corrected chi connectivity index (χ4v) is 4.45. The van der Waals surface area contributed by atoms with Crippen molar-refractivity contribution in [2.45, 2.75) is 32.0 Å². The molecule has 15 heteroatoms. The number of benzene rings is 2. The minimum Gasteiger partial charge on any atom is -0.486 e. The van der Waals surface area contributed by atoms with Crippen molar-refractivity contribution in [1.29, 1.82) is 0 Å². The summed E-state index contributed by atoms with van der Waals surface area (Å²) < 4.78 is 53.4. The molecule has 2 aromatic carbocycles. The fourth-order valence-electron chi connectivity index (χ4n) is 4.45. The van der Waals surface area contributed by atoms with Crippen molar-refractivity contribution in [3.63, 3.8) is 0 Å². The Labute approximate surface area is 267 Å². The summed E-state index contributed by atoms with van der Waals surface area (Å²) in [4.78, 5) is 59.2. The number of rotatable bonds is 14. The van der Waals surface area contributed by atoms with Crippen molar-refractivity contribution in [2.75, 3.05) is 33.1 Å². The highest BCUT2D eigenvalue weighted by atomic mass is 19.1. The van der Waals surface area contributed by atoms with Gasteiger partial charge in [0.1, 0.15) is 53.7 Å². The Hall–Kier alpha value is -5.44. The first kappa shape index (κ1) is 34.4. The van der Waals surface area contributed by atoms with Gasteiger partial charge in [0.25, 0.3) is 5.56 Å². The minimum atomic E-state index is -1.04. The molecule has 0 saturated heterocycles. The molecule has 0 aliphatic heterocycles. The molecular formula is C32H33F3N6O6. The van der Waals surface area contributed by atoms with E-state index in [-0.39, 0.29) is 72.4 Å². The molecule has 4 rings (SSSR count). The molecule has 4 aromatic rings. The van der Waals surface area contributed by atoms with Crippen LogP contribution in [-0.2, 0) is 32.3 Å². The van der Waals surface area contributed by atoms with Gasteiger partial charge in [-0.15, -0.1) is 0 Å². The lowest BCUT2D eigenvalue weighted by Gasteiger charge is -2.18. The molecule has 0 saturated carbocycles. The lowest BCUT2D eigenvalue weighted by Crippen LogP contribution is -2.45. The molecule has 2 aromatic heterocycles. The SMILES string of the molecule is COCC(=O)N[C@@H](CC/C=C/C(=O)N(C)C)C(=O)Nc1cccn(Cc2nc3c(OCc4ccc(F)cc4F)cc(F)cc3[nH]2)c1=O. The van der Waals surface area contributed by atoms with Crippen LogP contribution < -0.4 is 20.9 Å². The largest absolute Gasteiger partial charge is 0.486 e. The van der Waals surface area contributed by atoms with Crippen molar-refractivity contribution in [3.8, 4) is 5.75 Å². The number of aromatic nitrogens is 3. The van der Waals surface area contributed by atoms with Gasteiger partial charge in [-0.3, -0.25) is 19.2 Å². The fraction of sp³-hybridized carbons (Fsp3) is 0.281. The normalized spacial score (nSPS) is 11.9. The summed E-state index contributed by atoms with van der Waals surface area (Å²) in [6.07, 6.45) is 4.81. The predicted octanol–water partition coefficient (Wildman–Crippen LogP) is 3.26. The average Bonchev–Trinajstić information content (AvgIpc) is 3.42. The summed E-state index contributed by atoms with van der Waals surface area (Å²) in [5, 5.41) is 5.12. The van der Waals surface area contributed by atoms with E-state index in [1.54, 1.807) is 20.2 Å². The summed E-state index contributed by atoms with van der Waals surface area (Å²) in [5.74, 6) is -3.40. The number of anilines is 1. The van der Waals surface area contributed by atoms with Gasteiger partial charge in [0.05, 0.1) is 12.1 Å². The van der Waals surface area contributed by atoms with Crippen molar-refractivity contribution >= 4 is 34.4 Å². The van der Waals surface area contributed by atoms with E-state index in [1.165, 1.54) is 53.1 Å². The quantitative estimate of drug-likeness (QED) is 0.177. The number of likely N-dealkylation sites (N-methyl/N-ethyl adjacent to an activating group) is 1. The van der Waals surface area contributed by atoms with E-state index < -0.39 is 40.9 Å². The van der Waals surface area contributed by atoms with Crippen molar-refractivity contribution in [3.05, 3.63) is 100 Å². The second-order valence-corrected chi connectivity index (χ2v) is 10.6.